The summed E-state index contributed by atoms with van der Waals surface area (Å²) in [7, 11) is -2.52. The summed E-state index contributed by atoms with van der Waals surface area (Å²) >= 11 is 0. The number of nitrogens with one attached hydrogen (secondary N) is 1. The maximum Gasteiger partial charge on any atom is 0.264 e. The van der Waals surface area contributed by atoms with Crippen LogP contribution in [0.4, 0.5) is 5.69 Å². The van der Waals surface area contributed by atoms with E-state index in [2.05, 4.69) is 5.32 Å². The molecule has 3 aromatic rings. The van der Waals surface area contributed by atoms with E-state index in [4.69, 9.17) is 4.74 Å². The fraction of sp³-hybridized carbons (Fsp3) is 0.355. The van der Waals surface area contributed by atoms with Gasteiger partial charge in [-0.1, -0.05) is 61.4 Å². The molecule has 0 aliphatic heterocycles. The lowest BCUT2D eigenvalue weighted by Crippen LogP contribution is -2.52. The van der Waals surface area contributed by atoms with Gasteiger partial charge in [0, 0.05) is 13.1 Å². The zero-order valence-electron chi connectivity index (χ0n) is 23.9. The number of carbonyl (C=O) groups excluding carboxylic acids is 2. The van der Waals surface area contributed by atoms with E-state index in [1.807, 2.05) is 39.8 Å². The summed E-state index contributed by atoms with van der Waals surface area (Å²) in [6.07, 6.45) is 1.12. The predicted octanol–water partition coefficient (Wildman–Crippen LogP) is 4.84. The minimum absolute atomic E-state index is 0.0842. The number of aryl methyl sites for hydroxylation is 2. The Labute approximate surface area is 238 Å². The van der Waals surface area contributed by atoms with Crippen molar-refractivity contribution in [1.82, 2.24) is 10.2 Å². The van der Waals surface area contributed by atoms with Crippen LogP contribution in [0, 0.1) is 13.8 Å². The van der Waals surface area contributed by atoms with Gasteiger partial charge in [0.15, 0.2) is 0 Å². The second-order valence-electron chi connectivity index (χ2n) is 9.75. The van der Waals surface area contributed by atoms with Gasteiger partial charge in [-0.15, -0.1) is 0 Å². The lowest BCUT2D eigenvalue weighted by Gasteiger charge is -2.33. The molecule has 0 fully saturated rings. The first-order chi connectivity index (χ1) is 19.1. The first kappa shape index (κ1) is 30.7. The Balaban J connectivity index is 2.03. The van der Waals surface area contributed by atoms with Crippen molar-refractivity contribution in [2.75, 3.05) is 24.5 Å². The van der Waals surface area contributed by atoms with E-state index >= 15 is 0 Å². The van der Waals surface area contributed by atoms with E-state index in [0.29, 0.717) is 24.4 Å². The Hall–Kier alpha value is -3.85. The van der Waals surface area contributed by atoms with E-state index in [9.17, 15) is 18.0 Å². The molecule has 0 saturated heterocycles. The highest BCUT2D eigenvalue weighted by atomic mass is 32.2. The van der Waals surface area contributed by atoms with Gasteiger partial charge in [-0.25, -0.2) is 8.42 Å². The van der Waals surface area contributed by atoms with Crippen molar-refractivity contribution in [3.05, 3.63) is 89.5 Å². The number of nitrogens with zero attached hydrogens (tertiary/aromatic N) is 2. The molecule has 0 aliphatic rings. The predicted molar refractivity (Wildman–Crippen MR) is 158 cm³/mol. The molecule has 2 amide bonds. The van der Waals surface area contributed by atoms with Crippen LogP contribution in [0.25, 0.3) is 0 Å². The second-order valence-corrected chi connectivity index (χ2v) is 11.6. The average molecular weight is 566 g/mol. The van der Waals surface area contributed by atoms with Crippen molar-refractivity contribution < 1.29 is 22.7 Å². The molecular weight excluding hydrogens is 526 g/mol. The van der Waals surface area contributed by atoms with E-state index in [-0.39, 0.29) is 17.3 Å². The molecule has 40 heavy (non-hydrogen) atoms. The Morgan fingerprint density at radius 1 is 0.875 bits per heavy atom. The van der Waals surface area contributed by atoms with Gasteiger partial charge in [0.05, 0.1) is 17.7 Å². The van der Waals surface area contributed by atoms with Gasteiger partial charge in [0.25, 0.3) is 10.0 Å². The monoisotopic (exact) mass is 565 g/mol. The number of carbonyl (C=O) groups is 2. The Kier molecular flexibility index (Phi) is 10.7. The summed E-state index contributed by atoms with van der Waals surface area (Å²) in [6.45, 7) is 7.73. The molecular formula is C31H39N3O5S. The van der Waals surface area contributed by atoms with E-state index in [0.717, 1.165) is 27.4 Å². The zero-order valence-corrected chi connectivity index (χ0v) is 24.7. The molecule has 214 valence electrons. The number of anilines is 1. The van der Waals surface area contributed by atoms with Gasteiger partial charge in [0.1, 0.15) is 18.3 Å². The third kappa shape index (κ3) is 7.63. The van der Waals surface area contributed by atoms with Crippen molar-refractivity contribution in [2.24, 2.45) is 0 Å². The van der Waals surface area contributed by atoms with Crippen molar-refractivity contribution in [2.45, 2.75) is 58.0 Å². The van der Waals surface area contributed by atoms with Crippen LogP contribution in [-0.2, 0) is 26.2 Å². The van der Waals surface area contributed by atoms with Crippen LogP contribution >= 0.6 is 0 Å². The Morgan fingerprint density at radius 2 is 1.45 bits per heavy atom. The molecule has 0 radical (unpaired) electrons. The first-order valence-corrected chi connectivity index (χ1v) is 14.9. The summed E-state index contributed by atoms with van der Waals surface area (Å²) in [4.78, 5) is 28.8. The fourth-order valence-electron chi connectivity index (χ4n) is 4.29. The highest BCUT2D eigenvalue weighted by Gasteiger charge is 2.33. The maximum atomic E-state index is 14.0. The molecule has 3 rings (SSSR count). The van der Waals surface area contributed by atoms with Gasteiger partial charge in [0.2, 0.25) is 11.8 Å². The number of hydrogen-bond acceptors (Lipinski definition) is 5. The Morgan fingerprint density at radius 3 is 1.98 bits per heavy atom. The number of sulfonamides is 1. The van der Waals surface area contributed by atoms with Crippen LogP contribution in [0.5, 0.6) is 5.75 Å². The number of rotatable bonds is 13. The Bertz CT molecular complexity index is 1370. The summed E-state index contributed by atoms with van der Waals surface area (Å²) in [5.41, 5.74) is 3.04. The highest BCUT2D eigenvalue weighted by Crippen LogP contribution is 2.26. The fourth-order valence-corrected chi connectivity index (χ4v) is 5.70. The lowest BCUT2D eigenvalue weighted by atomic mass is 10.1. The summed E-state index contributed by atoms with van der Waals surface area (Å²) < 4.78 is 34.2. The molecule has 0 spiro atoms. The van der Waals surface area contributed by atoms with Crippen molar-refractivity contribution in [1.29, 1.82) is 0 Å². The summed E-state index contributed by atoms with van der Waals surface area (Å²) in [6, 6.07) is 20.0. The van der Waals surface area contributed by atoms with Gasteiger partial charge >= 0.3 is 0 Å². The number of amides is 2. The first-order valence-electron chi connectivity index (χ1n) is 13.5. The molecule has 0 aliphatic carbocycles. The lowest BCUT2D eigenvalue weighted by molar-refractivity contribution is -0.140. The topological polar surface area (TPSA) is 96.0 Å². The molecule has 0 aromatic heterocycles. The van der Waals surface area contributed by atoms with Crippen LogP contribution in [0.2, 0.25) is 0 Å². The highest BCUT2D eigenvalue weighted by molar-refractivity contribution is 7.92. The SMILES string of the molecule is CCCNC(=O)[C@@H](CC)N(Cc1ccc(OC)cc1)C(=O)CN(c1ccc(C)cc1)S(=O)(=O)c1ccc(C)cc1. The number of benzene rings is 3. The molecule has 1 atom stereocenters. The van der Waals surface area contributed by atoms with Crippen LogP contribution < -0.4 is 14.4 Å². The van der Waals surface area contributed by atoms with E-state index in [1.165, 1.54) is 4.90 Å². The maximum absolute atomic E-state index is 14.0. The van der Waals surface area contributed by atoms with Crippen LogP contribution in [0.15, 0.2) is 77.7 Å². The van der Waals surface area contributed by atoms with Gasteiger partial charge in [-0.05, 0) is 68.7 Å². The summed E-state index contributed by atoms with van der Waals surface area (Å²) in [5, 5.41) is 2.89. The number of methoxy groups -OCH3 is 1. The van der Waals surface area contributed by atoms with Gasteiger partial charge < -0.3 is 15.0 Å². The molecule has 8 nitrogen and oxygen atoms in total. The standard InChI is InChI=1S/C31H39N3O5S/c1-6-20-32-31(36)29(7-2)33(21-25-12-16-27(39-5)17-13-25)30(35)22-34(26-14-8-23(3)9-15-26)40(37,38)28-18-10-24(4)11-19-28/h8-19,29H,6-7,20-22H2,1-5H3,(H,32,36)/t29-/m1/s1. The molecule has 0 unspecified atom stereocenters. The third-order valence-electron chi connectivity index (χ3n) is 6.66. The van der Waals surface area contributed by atoms with Crippen molar-refractivity contribution in [3.8, 4) is 5.75 Å². The summed E-state index contributed by atoms with van der Waals surface area (Å²) in [5.74, 6) is -0.0795. The molecule has 3 aromatic carbocycles. The van der Waals surface area contributed by atoms with Gasteiger partial charge in [-0.3, -0.25) is 13.9 Å². The van der Waals surface area contributed by atoms with E-state index in [1.54, 1.807) is 67.8 Å². The molecule has 0 bridgehead atoms. The minimum atomic E-state index is -4.09. The quantitative estimate of drug-likeness (QED) is 0.320. The molecule has 9 heteroatoms. The number of hydrogen-bond donors (Lipinski definition) is 1. The van der Waals surface area contributed by atoms with Crippen LogP contribution in [0.3, 0.4) is 0 Å². The van der Waals surface area contributed by atoms with Crippen LogP contribution in [-0.4, -0.2) is 51.4 Å². The smallest absolute Gasteiger partial charge is 0.264 e. The largest absolute Gasteiger partial charge is 0.497 e. The molecule has 0 saturated carbocycles. The zero-order chi connectivity index (χ0) is 29.3. The normalized spacial score (nSPS) is 11.9. The van der Waals surface area contributed by atoms with Crippen molar-refractivity contribution in [3.63, 3.8) is 0 Å². The molecule has 0 heterocycles. The number of ether oxygens (including phenoxy) is 1. The van der Waals surface area contributed by atoms with Crippen LogP contribution in [0.1, 0.15) is 43.4 Å². The molecule has 1 N–H and O–H groups in total. The second kappa shape index (κ2) is 14.0. The van der Waals surface area contributed by atoms with E-state index < -0.39 is 28.5 Å². The minimum Gasteiger partial charge on any atom is -0.497 e. The van der Waals surface area contributed by atoms with Gasteiger partial charge in [-0.2, -0.15) is 0 Å². The third-order valence-corrected chi connectivity index (χ3v) is 8.45. The van der Waals surface area contributed by atoms with Crippen molar-refractivity contribution >= 4 is 27.5 Å². The average Bonchev–Trinajstić information content (AvgIpc) is 2.95.